The summed E-state index contributed by atoms with van der Waals surface area (Å²) in [6.45, 7) is 3.59. The molecule has 1 aromatic heterocycles. The second kappa shape index (κ2) is 8.19. The molecule has 0 aliphatic carbocycles. The molecule has 0 bridgehead atoms. The number of hydrogen-bond donors (Lipinski definition) is 1. The van der Waals surface area contributed by atoms with E-state index in [0.717, 1.165) is 0 Å². The Morgan fingerprint density at radius 1 is 1.30 bits per heavy atom. The maximum atomic E-state index is 13.1. The van der Waals surface area contributed by atoms with Crippen LogP contribution in [0.2, 0.25) is 0 Å². The van der Waals surface area contributed by atoms with Crippen molar-refractivity contribution in [2.24, 2.45) is 10.7 Å². The molecule has 8 nitrogen and oxygen atoms in total. The van der Waals surface area contributed by atoms with Gasteiger partial charge in [-0.15, -0.1) is 6.42 Å². The molecule has 0 amide bonds. The summed E-state index contributed by atoms with van der Waals surface area (Å²) in [6.07, 6.45) is 7.09. The number of aromatic nitrogens is 1. The van der Waals surface area contributed by atoms with E-state index < -0.39 is 20.1 Å². The molecule has 1 aromatic carbocycles. The summed E-state index contributed by atoms with van der Waals surface area (Å²) in [7, 11) is -3.56. The lowest BCUT2D eigenvalue weighted by Gasteiger charge is -2.42. The van der Waals surface area contributed by atoms with E-state index in [9.17, 15) is 13.2 Å². The molecule has 1 atom stereocenters. The first kappa shape index (κ1) is 22.8. The monoisotopic (exact) mass is 467 g/mol. The smallest absolute Gasteiger partial charge is 0.185 e. The zero-order valence-electron chi connectivity index (χ0n) is 18.5. The van der Waals surface area contributed by atoms with Crippen LogP contribution in [-0.2, 0) is 21.8 Å². The normalized spacial score (nSPS) is 22.4. The van der Waals surface area contributed by atoms with Gasteiger partial charge < -0.3 is 15.2 Å². The molecule has 0 saturated carbocycles. The number of carbonyl (C=O) groups excluding carboxylic acids is 1. The van der Waals surface area contributed by atoms with E-state index in [1.807, 2.05) is 0 Å². The van der Waals surface area contributed by atoms with Crippen LogP contribution in [0.25, 0.3) is 0 Å². The Morgan fingerprint density at radius 3 is 2.76 bits per heavy atom. The van der Waals surface area contributed by atoms with Gasteiger partial charge in [-0.1, -0.05) is 12.0 Å². The first-order valence-electron chi connectivity index (χ1n) is 10.5. The highest BCUT2D eigenvalue weighted by Crippen LogP contribution is 2.45. The summed E-state index contributed by atoms with van der Waals surface area (Å²) >= 11 is 0. The van der Waals surface area contributed by atoms with E-state index >= 15 is 0 Å². The molecule has 9 heteroatoms. The molecule has 0 fully saturated rings. The number of terminal acetylenes is 1. The van der Waals surface area contributed by atoms with Crippen LogP contribution < -0.4 is 15.2 Å². The quantitative estimate of drug-likeness (QED) is 0.528. The molecule has 4 rings (SSSR count). The third-order valence-electron chi connectivity index (χ3n) is 6.19. The zero-order chi connectivity index (χ0) is 23.9. The zero-order valence-corrected chi connectivity index (χ0v) is 19.3. The van der Waals surface area contributed by atoms with E-state index in [2.05, 4.69) is 15.9 Å². The third kappa shape index (κ3) is 4.07. The minimum Gasteiger partial charge on any atom is -0.493 e. The minimum atomic E-state index is -3.56. The third-order valence-corrected chi connectivity index (χ3v) is 8.81. The largest absolute Gasteiger partial charge is 0.493 e. The molecule has 3 heterocycles. The van der Waals surface area contributed by atoms with Crippen molar-refractivity contribution in [1.29, 1.82) is 0 Å². The minimum absolute atomic E-state index is 0.0817. The van der Waals surface area contributed by atoms with Gasteiger partial charge in [0.05, 0.1) is 18.6 Å². The lowest BCUT2D eigenvalue weighted by Crippen LogP contribution is -2.56. The highest BCUT2D eigenvalue weighted by atomic mass is 32.2. The number of nitrogens with zero attached hydrogens (tertiary/aromatic N) is 2. The molecule has 0 saturated heterocycles. The van der Waals surface area contributed by atoms with Gasteiger partial charge in [0.25, 0.3) is 0 Å². The molecular weight excluding hydrogens is 442 g/mol. The highest BCUT2D eigenvalue weighted by molar-refractivity contribution is 7.93. The number of rotatable bonds is 5. The standard InChI is InChI=1S/C24H25N3O5S/c1-4-10-31-17-6-7-19(26-14-17)20(28)13-16-5-8-21-18(12-16)24(9-11-32-21)15-33(29,30)23(2,3)22(25)27-24/h1,5-8,12,14H,9-11,13,15H2,2-3H3,(H2,25,27)/t24-/m0/s1. The lowest BCUT2D eigenvalue weighted by molar-refractivity contribution is 0.0988. The maximum absolute atomic E-state index is 13.1. The molecule has 33 heavy (non-hydrogen) atoms. The summed E-state index contributed by atoms with van der Waals surface area (Å²) in [5.41, 5.74) is 6.73. The number of pyridine rings is 1. The number of sulfone groups is 1. The second-order valence-electron chi connectivity index (χ2n) is 8.70. The fourth-order valence-corrected chi connectivity index (χ4v) is 5.71. The van der Waals surface area contributed by atoms with Crippen LogP contribution in [0.5, 0.6) is 11.5 Å². The Morgan fingerprint density at radius 2 is 2.09 bits per heavy atom. The molecule has 0 unspecified atom stereocenters. The number of carbonyl (C=O) groups is 1. The van der Waals surface area contributed by atoms with E-state index in [4.69, 9.17) is 21.6 Å². The van der Waals surface area contributed by atoms with Crippen LogP contribution in [0, 0.1) is 12.3 Å². The fourth-order valence-electron chi connectivity index (χ4n) is 3.99. The average molecular weight is 468 g/mol. The Hall–Kier alpha value is -3.38. The summed E-state index contributed by atoms with van der Waals surface area (Å²) in [5.74, 6) is 3.13. The highest BCUT2D eigenvalue weighted by Gasteiger charge is 2.52. The van der Waals surface area contributed by atoms with Crippen molar-refractivity contribution < 1.29 is 22.7 Å². The van der Waals surface area contributed by atoms with E-state index in [-0.39, 0.29) is 36.1 Å². The molecule has 2 aromatic rings. The van der Waals surface area contributed by atoms with Crippen LogP contribution in [0.4, 0.5) is 0 Å². The number of benzene rings is 1. The van der Waals surface area contributed by atoms with Gasteiger partial charge in [-0.05, 0) is 43.7 Å². The van der Waals surface area contributed by atoms with Gasteiger partial charge in [0.2, 0.25) is 0 Å². The molecule has 2 aliphatic rings. The SMILES string of the molecule is C#CCOc1ccc(C(=O)Cc2ccc3c(c2)[C@]2(CCO3)CS(=O)(=O)C(C)(C)C(N)=N2)nc1. The number of ketones is 1. The molecule has 2 N–H and O–H groups in total. The number of aliphatic imine (C=N–C) groups is 1. The predicted octanol–water partition coefficient (Wildman–Crippen LogP) is 2.06. The van der Waals surface area contributed by atoms with Gasteiger partial charge in [-0.2, -0.15) is 0 Å². The van der Waals surface area contributed by atoms with Gasteiger partial charge in [-0.3, -0.25) is 9.79 Å². The van der Waals surface area contributed by atoms with Gasteiger partial charge in [0.15, 0.2) is 15.6 Å². The van der Waals surface area contributed by atoms with Crippen LogP contribution in [-0.4, -0.2) is 48.7 Å². The first-order chi connectivity index (χ1) is 15.6. The number of amidine groups is 1. The van der Waals surface area contributed by atoms with Crippen molar-refractivity contribution in [3.8, 4) is 23.8 Å². The first-order valence-corrected chi connectivity index (χ1v) is 12.1. The average Bonchev–Trinajstić information content (AvgIpc) is 2.77. The topological polar surface area (TPSA) is 121 Å². The number of fused-ring (bicyclic) bond motifs is 2. The molecule has 1 spiro atoms. The van der Waals surface area contributed by atoms with E-state index in [0.29, 0.717) is 35.7 Å². The summed E-state index contributed by atoms with van der Waals surface area (Å²) in [5, 5.41) is 0. The lowest BCUT2D eigenvalue weighted by atomic mass is 9.84. The van der Waals surface area contributed by atoms with Gasteiger partial charge >= 0.3 is 0 Å². The van der Waals surface area contributed by atoms with Crippen molar-refractivity contribution >= 4 is 21.5 Å². The summed E-state index contributed by atoms with van der Waals surface area (Å²) in [4.78, 5) is 21.6. The van der Waals surface area contributed by atoms with Crippen molar-refractivity contribution in [2.45, 2.75) is 37.0 Å². The van der Waals surface area contributed by atoms with Gasteiger partial charge in [0.1, 0.15) is 39.9 Å². The number of ether oxygens (including phenoxy) is 2. The van der Waals surface area contributed by atoms with Gasteiger partial charge in [0, 0.05) is 18.4 Å². The van der Waals surface area contributed by atoms with Gasteiger partial charge in [-0.25, -0.2) is 13.4 Å². The van der Waals surface area contributed by atoms with Crippen molar-refractivity contribution in [1.82, 2.24) is 4.98 Å². The Balaban J connectivity index is 1.64. The van der Waals surface area contributed by atoms with E-state index in [1.165, 1.54) is 6.20 Å². The Labute approximate surface area is 193 Å². The fraction of sp³-hybridized carbons (Fsp3) is 0.375. The Kier molecular flexibility index (Phi) is 5.66. The summed E-state index contributed by atoms with van der Waals surface area (Å²) < 4.78 is 35.9. The molecule has 2 aliphatic heterocycles. The van der Waals surface area contributed by atoms with Crippen LogP contribution in [0.1, 0.15) is 41.9 Å². The number of nitrogens with two attached hydrogens (primary N) is 1. The summed E-state index contributed by atoms with van der Waals surface area (Å²) in [6, 6.07) is 8.55. The molecular formula is C24H25N3O5S. The van der Waals surface area contributed by atoms with E-state index in [1.54, 1.807) is 44.2 Å². The van der Waals surface area contributed by atoms with Crippen LogP contribution in [0.15, 0.2) is 41.5 Å². The predicted molar refractivity (Wildman–Crippen MR) is 124 cm³/mol. The van der Waals surface area contributed by atoms with Crippen molar-refractivity contribution in [3.63, 3.8) is 0 Å². The van der Waals surface area contributed by atoms with Crippen LogP contribution >= 0.6 is 0 Å². The van der Waals surface area contributed by atoms with Crippen molar-refractivity contribution in [3.05, 3.63) is 53.3 Å². The van der Waals surface area contributed by atoms with Crippen LogP contribution in [0.3, 0.4) is 0 Å². The number of Topliss-reactive ketones (excluding diaryl/α,β-unsaturated/α-hetero) is 1. The number of hydrogen-bond acceptors (Lipinski definition) is 8. The Bertz CT molecular complexity index is 1280. The maximum Gasteiger partial charge on any atom is 0.185 e. The van der Waals surface area contributed by atoms with Crippen molar-refractivity contribution in [2.75, 3.05) is 19.0 Å². The second-order valence-corrected chi connectivity index (χ2v) is 11.2. The molecule has 172 valence electrons. The molecule has 0 radical (unpaired) electrons.